The van der Waals surface area contributed by atoms with E-state index < -0.39 is 13.5 Å². The van der Waals surface area contributed by atoms with Crippen molar-refractivity contribution in [3.63, 3.8) is 0 Å². The number of benzene rings is 1. The Bertz CT molecular complexity index is 491. The van der Waals surface area contributed by atoms with Gasteiger partial charge in [0.1, 0.15) is 5.75 Å². The van der Waals surface area contributed by atoms with Crippen molar-refractivity contribution in [1.29, 1.82) is 0 Å². The molecule has 0 saturated carbocycles. The van der Waals surface area contributed by atoms with Crippen molar-refractivity contribution in [2.75, 3.05) is 27.0 Å². The summed E-state index contributed by atoms with van der Waals surface area (Å²) in [5.41, 5.74) is 0.521. The van der Waals surface area contributed by atoms with Gasteiger partial charge < -0.3 is 13.8 Å². The molecule has 1 heterocycles. The third-order valence-corrected chi connectivity index (χ3v) is 4.96. The number of ether oxygens (including phenoxy) is 1. The quantitative estimate of drug-likeness (QED) is 0.786. The van der Waals surface area contributed by atoms with Crippen LogP contribution in [0, 0.1) is 5.92 Å². The minimum Gasteiger partial charge on any atom is -0.492 e. The van der Waals surface area contributed by atoms with Gasteiger partial charge in [-0.3, -0.25) is 9.36 Å². The Balaban J connectivity index is 2.20. The Morgan fingerprint density at radius 3 is 2.67 bits per heavy atom. The van der Waals surface area contributed by atoms with Crippen LogP contribution in [0.25, 0.3) is 0 Å². The molecule has 0 saturated heterocycles. The molecule has 0 aromatic heterocycles. The highest BCUT2D eigenvalue weighted by Crippen LogP contribution is 2.49. The average Bonchev–Trinajstić information content (AvgIpc) is 2.42. The number of fused-ring (bicyclic) bond motifs is 1. The maximum atomic E-state index is 12.2. The summed E-state index contributed by atoms with van der Waals surface area (Å²) in [5.74, 6) is 0.000208. The maximum absolute atomic E-state index is 12.2. The Labute approximate surface area is 106 Å². The van der Waals surface area contributed by atoms with Gasteiger partial charge in [0.15, 0.2) is 5.78 Å². The molecule has 18 heavy (non-hydrogen) atoms. The van der Waals surface area contributed by atoms with Crippen LogP contribution in [-0.4, -0.2) is 32.8 Å². The van der Waals surface area contributed by atoms with Crippen LogP contribution < -0.4 is 4.74 Å². The highest BCUT2D eigenvalue weighted by atomic mass is 31.2. The second-order valence-electron chi connectivity index (χ2n) is 4.03. The average molecular weight is 270 g/mol. The van der Waals surface area contributed by atoms with E-state index in [1.54, 1.807) is 18.2 Å². The van der Waals surface area contributed by atoms with E-state index in [-0.39, 0.29) is 18.6 Å². The summed E-state index contributed by atoms with van der Waals surface area (Å²) in [6, 6.07) is 7.03. The van der Waals surface area contributed by atoms with Crippen molar-refractivity contribution >= 4 is 13.4 Å². The maximum Gasteiger partial charge on any atom is 0.331 e. The molecule has 0 fully saturated rings. The van der Waals surface area contributed by atoms with E-state index in [2.05, 4.69) is 0 Å². The van der Waals surface area contributed by atoms with Crippen LogP contribution in [0.2, 0.25) is 0 Å². The fraction of sp³-hybridized carbons (Fsp3) is 0.417. The predicted octanol–water partition coefficient (Wildman–Crippen LogP) is 2.36. The standard InChI is InChI=1S/C12H15O5P/c1-15-18(14,16-2)8-9-7-17-11-6-4-3-5-10(11)12(9)13/h3-6,9H,7-8H2,1-2H3. The van der Waals surface area contributed by atoms with Gasteiger partial charge in [-0.1, -0.05) is 12.1 Å². The van der Waals surface area contributed by atoms with Crippen LogP contribution >= 0.6 is 7.60 Å². The molecular weight excluding hydrogens is 255 g/mol. The van der Waals surface area contributed by atoms with Crippen molar-refractivity contribution in [3.8, 4) is 5.75 Å². The second kappa shape index (κ2) is 5.22. The Kier molecular flexibility index (Phi) is 3.85. The molecule has 1 unspecified atom stereocenters. The predicted molar refractivity (Wildman–Crippen MR) is 66.2 cm³/mol. The molecule has 6 heteroatoms. The molecule has 1 aromatic carbocycles. The van der Waals surface area contributed by atoms with E-state index in [4.69, 9.17) is 13.8 Å². The van der Waals surface area contributed by atoms with Gasteiger partial charge in [-0.25, -0.2) is 0 Å². The van der Waals surface area contributed by atoms with Gasteiger partial charge in [0.05, 0.1) is 24.3 Å². The monoisotopic (exact) mass is 270 g/mol. The first-order valence-corrected chi connectivity index (χ1v) is 7.29. The number of hydrogen-bond acceptors (Lipinski definition) is 5. The van der Waals surface area contributed by atoms with E-state index >= 15 is 0 Å². The normalized spacial score (nSPS) is 19.2. The molecular formula is C12H15O5P. The molecule has 1 aromatic rings. The molecule has 0 radical (unpaired) electrons. The lowest BCUT2D eigenvalue weighted by Crippen LogP contribution is -2.30. The Morgan fingerprint density at radius 2 is 2.00 bits per heavy atom. The van der Waals surface area contributed by atoms with Crippen molar-refractivity contribution in [1.82, 2.24) is 0 Å². The Morgan fingerprint density at radius 1 is 1.33 bits per heavy atom. The van der Waals surface area contributed by atoms with Crippen molar-refractivity contribution in [3.05, 3.63) is 29.8 Å². The molecule has 0 N–H and O–H groups in total. The summed E-state index contributed by atoms with van der Waals surface area (Å²) in [6.45, 7) is 0.201. The third kappa shape index (κ3) is 2.48. The highest BCUT2D eigenvalue weighted by Gasteiger charge is 2.35. The lowest BCUT2D eigenvalue weighted by Gasteiger charge is -2.25. The van der Waals surface area contributed by atoms with Crippen molar-refractivity contribution < 1.29 is 23.1 Å². The largest absolute Gasteiger partial charge is 0.492 e. The molecule has 0 spiro atoms. The van der Waals surface area contributed by atoms with E-state index in [0.717, 1.165) is 0 Å². The lowest BCUT2D eigenvalue weighted by atomic mass is 9.97. The fourth-order valence-electron chi connectivity index (χ4n) is 1.91. The number of para-hydroxylation sites is 1. The molecule has 98 valence electrons. The summed E-state index contributed by atoms with van der Waals surface area (Å²) in [6.07, 6.45) is 0.0349. The molecule has 1 aliphatic heterocycles. The van der Waals surface area contributed by atoms with E-state index in [1.807, 2.05) is 6.07 Å². The molecule has 2 rings (SSSR count). The van der Waals surface area contributed by atoms with Gasteiger partial charge in [-0.05, 0) is 12.1 Å². The summed E-state index contributed by atoms with van der Waals surface area (Å²) < 4.78 is 27.2. The Hall–Kier alpha value is -1.16. The van der Waals surface area contributed by atoms with Crippen LogP contribution in [0.4, 0.5) is 0 Å². The molecule has 0 bridgehead atoms. The zero-order chi connectivity index (χ0) is 13.2. The summed E-state index contributed by atoms with van der Waals surface area (Å²) >= 11 is 0. The van der Waals surface area contributed by atoms with Gasteiger partial charge in [0, 0.05) is 14.2 Å². The number of carbonyl (C=O) groups is 1. The molecule has 1 aliphatic rings. The first kappa shape index (κ1) is 13.3. The van der Waals surface area contributed by atoms with Crippen molar-refractivity contribution in [2.45, 2.75) is 0 Å². The summed E-state index contributed by atoms with van der Waals surface area (Å²) in [7, 11) is -0.576. The first-order valence-electron chi connectivity index (χ1n) is 5.56. The van der Waals surface area contributed by atoms with E-state index in [0.29, 0.717) is 11.3 Å². The van der Waals surface area contributed by atoms with Gasteiger partial charge in [0.2, 0.25) is 0 Å². The van der Waals surface area contributed by atoms with Gasteiger partial charge >= 0.3 is 7.60 Å². The topological polar surface area (TPSA) is 61.8 Å². The number of ketones is 1. The van der Waals surface area contributed by atoms with Crippen molar-refractivity contribution in [2.24, 2.45) is 5.92 Å². The SMILES string of the molecule is COP(=O)(CC1COc2ccccc2C1=O)OC. The summed E-state index contributed by atoms with van der Waals surface area (Å²) in [4.78, 5) is 12.2. The van der Waals surface area contributed by atoms with Crippen LogP contribution in [-0.2, 0) is 13.6 Å². The van der Waals surface area contributed by atoms with E-state index in [9.17, 15) is 9.36 Å². The fourth-order valence-corrected chi connectivity index (χ4v) is 3.17. The first-order chi connectivity index (χ1) is 8.59. The van der Waals surface area contributed by atoms with Gasteiger partial charge in [-0.15, -0.1) is 0 Å². The van der Waals surface area contributed by atoms with Crippen LogP contribution in [0.1, 0.15) is 10.4 Å². The van der Waals surface area contributed by atoms with Crippen LogP contribution in [0.15, 0.2) is 24.3 Å². The van der Waals surface area contributed by atoms with E-state index in [1.165, 1.54) is 14.2 Å². The molecule has 5 nitrogen and oxygen atoms in total. The van der Waals surface area contributed by atoms with Gasteiger partial charge in [-0.2, -0.15) is 0 Å². The molecule has 0 aliphatic carbocycles. The summed E-state index contributed by atoms with van der Waals surface area (Å²) in [5, 5.41) is 0. The minimum absolute atomic E-state index is 0.0349. The highest BCUT2D eigenvalue weighted by molar-refractivity contribution is 7.53. The minimum atomic E-state index is -3.20. The van der Waals surface area contributed by atoms with Gasteiger partial charge in [0.25, 0.3) is 0 Å². The zero-order valence-corrected chi connectivity index (χ0v) is 11.2. The van der Waals surface area contributed by atoms with Crippen LogP contribution in [0.5, 0.6) is 5.75 Å². The number of hydrogen-bond donors (Lipinski definition) is 0. The number of carbonyl (C=O) groups excluding carboxylic acids is 1. The third-order valence-electron chi connectivity index (χ3n) is 2.96. The molecule has 0 amide bonds. The molecule has 1 atom stereocenters. The van der Waals surface area contributed by atoms with Crippen LogP contribution in [0.3, 0.4) is 0 Å². The smallest absolute Gasteiger partial charge is 0.331 e. The second-order valence-corrected chi connectivity index (χ2v) is 6.34. The number of rotatable bonds is 4. The lowest BCUT2D eigenvalue weighted by molar-refractivity contribution is 0.0843. The number of Topliss-reactive ketones (excluding diaryl/α,β-unsaturated/α-hetero) is 1. The zero-order valence-electron chi connectivity index (χ0n) is 10.3.